The number of piperidine rings is 1. The van der Waals surface area contributed by atoms with E-state index in [0.717, 1.165) is 31.2 Å². The van der Waals surface area contributed by atoms with Crippen LogP contribution in [0.4, 0.5) is 0 Å². The van der Waals surface area contributed by atoms with Gasteiger partial charge in [0.15, 0.2) is 0 Å². The van der Waals surface area contributed by atoms with Gasteiger partial charge >= 0.3 is 5.97 Å². The van der Waals surface area contributed by atoms with Gasteiger partial charge in [-0.15, -0.1) is 0 Å². The zero-order valence-electron chi connectivity index (χ0n) is 19.5. The smallest absolute Gasteiger partial charge is 0.328 e. The van der Waals surface area contributed by atoms with Crippen molar-refractivity contribution in [1.29, 1.82) is 0 Å². The van der Waals surface area contributed by atoms with Crippen molar-refractivity contribution < 1.29 is 23.9 Å². The molecule has 3 rings (SSSR count). The number of hydrogen-bond acceptors (Lipinski definition) is 5. The molecule has 1 saturated heterocycles. The maximum absolute atomic E-state index is 13.2. The fourth-order valence-corrected chi connectivity index (χ4v) is 4.57. The molecule has 2 fully saturated rings. The lowest BCUT2D eigenvalue weighted by atomic mass is 10.0. The molecule has 1 aromatic rings. The molecular formula is C25H35N3O5. The van der Waals surface area contributed by atoms with Crippen LogP contribution < -0.4 is 11.1 Å². The summed E-state index contributed by atoms with van der Waals surface area (Å²) in [5, 5.41) is 2.76. The molecule has 2 aliphatic rings. The lowest BCUT2D eigenvalue weighted by Crippen LogP contribution is -2.53. The first-order valence-corrected chi connectivity index (χ1v) is 11.9. The Hall–Kier alpha value is -2.90. The van der Waals surface area contributed by atoms with Gasteiger partial charge in [0, 0.05) is 18.9 Å². The van der Waals surface area contributed by atoms with Crippen molar-refractivity contribution in [2.24, 2.45) is 23.5 Å². The van der Waals surface area contributed by atoms with Crippen molar-refractivity contribution in [3.05, 3.63) is 35.9 Å². The van der Waals surface area contributed by atoms with E-state index in [9.17, 15) is 19.2 Å². The minimum atomic E-state index is -0.999. The van der Waals surface area contributed by atoms with Crippen LogP contribution in [0.3, 0.4) is 0 Å². The molecule has 8 heteroatoms. The number of benzene rings is 1. The number of carbonyl (C=O) groups excluding carboxylic acids is 4. The van der Waals surface area contributed by atoms with Gasteiger partial charge in [0.1, 0.15) is 18.7 Å². The molecule has 1 aliphatic heterocycles. The van der Waals surface area contributed by atoms with Crippen LogP contribution in [-0.2, 0) is 30.5 Å². The second-order valence-electron chi connectivity index (χ2n) is 9.30. The van der Waals surface area contributed by atoms with Crippen LogP contribution in [0, 0.1) is 17.8 Å². The van der Waals surface area contributed by atoms with Gasteiger partial charge in [-0.1, -0.05) is 57.0 Å². The molecule has 0 spiro atoms. The van der Waals surface area contributed by atoms with E-state index in [4.69, 9.17) is 10.5 Å². The quantitative estimate of drug-likeness (QED) is 0.466. The number of esters is 1. The number of unbranched alkanes of at least 4 members (excludes halogenated alkanes) is 1. The number of nitrogens with two attached hydrogens (primary N) is 1. The van der Waals surface area contributed by atoms with E-state index in [-0.39, 0.29) is 43.1 Å². The number of likely N-dealkylation sites (tertiary alicyclic amines) is 1. The van der Waals surface area contributed by atoms with Gasteiger partial charge in [-0.25, -0.2) is 4.79 Å². The number of carbonyl (C=O) groups is 4. The standard InChI is InChI=1S/C25H35N3O5/c1-3-4-8-16(2)24(31)28-14-18-13-19(18)22(28)23(30)27-20(11-12-21(26)29)25(32)33-15-17-9-6-5-7-10-17/h5-7,9-10,16,18-20,22H,3-4,8,11-15H2,1-2H3,(H2,26,29)(H,27,30)/t16-,18+,19+,20-,22-/m0/s1. The molecule has 0 unspecified atom stereocenters. The number of ether oxygens (including phenoxy) is 1. The minimum Gasteiger partial charge on any atom is -0.459 e. The van der Waals surface area contributed by atoms with Crippen molar-refractivity contribution in [1.82, 2.24) is 10.2 Å². The molecule has 1 aliphatic carbocycles. The number of amides is 3. The highest BCUT2D eigenvalue weighted by molar-refractivity contribution is 5.92. The number of nitrogens with one attached hydrogen (secondary N) is 1. The number of nitrogens with zero attached hydrogens (tertiary/aromatic N) is 1. The monoisotopic (exact) mass is 457 g/mol. The number of fused-ring (bicyclic) bond motifs is 1. The predicted molar refractivity (Wildman–Crippen MR) is 122 cm³/mol. The molecule has 180 valence electrons. The summed E-state index contributed by atoms with van der Waals surface area (Å²) in [6.45, 7) is 4.65. The van der Waals surface area contributed by atoms with Gasteiger partial charge < -0.3 is 20.7 Å². The van der Waals surface area contributed by atoms with Gasteiger partial charge in [0.2, 0.25) is 17.7 Å². The molecular weight excluding hydrogens is 422 g/mol. The van der Waals surface area contributed by atoms with E-state index in [2.05, 4.69) is 12.2 Å². The summed E-state index contributed by atoms with van der Waals surface area (Å²) in [5.41, 5.74) is 6.09. The van der Waals surface area contributed by atoms with Crippen LogP contribution >= 0.6 is 0 Å². The van der Waals surface area contributed by atoms with Crippen LogP contribution in [0.5, 0.6) is 0 Å². The van der Waals surface area contributed by atoms with Crippen molar-refractivity contribution in [3.63, 3.8) is 0 Å². The molecule has 5 atom stereocenters. The zero-order chi connectivity index (χ0) is 24.0. The van der Waals surface area contributed by atoms with E-state index in [1.54, 1.807) is 4.90 Å². The van der Waals surface area contributed by atoms with Gasteiger partial charge in [-0.2, -0.15) is 0 Å². The fourth-order valence-electron chi connectivity index (χ4n) is 4.57. The third kappa shape index (κ3) is 6.55. The normalized spacial score (nSPS) is 22.7. The second-order valence-corrected chi connectivity index (χ2v) is 9.30. The third-order valence-electron chi connectivity index (χ3n) is 6.62. The molecule has 0 radical (unpaired) electrons. The van der Waals surface area contributed by atoms with Crippen LogP contribution in [0.15, 0.2) is 30.3 Å². The van der Waals surface area contributed by atoms with Crippen molar-refractivity contribution >= 4 is 23.7 Å². The van der Waals surface area contributed by atoms with Crippen LogP contribution in [0.2, 0.25) is 0 Å². The molecule has 1 heterocycles. The second kappa shape index (κ2) is 11.3. The van der Waals surface area contributed by atoms with Gasteiger partial charge in [-0.05, 0) is 36.7 Å². The highest BCUT2D eigenvalue weighted by atomic mass is 16.5. The predicted octanol–water partition coefficient (Wildman–Crippen LogP) is 2.15. The van der Waals surface area contributed by atoms with Crippen molar-refractivity contribution in [3.8, 4) is 0 Å². The number of primary amides is 1. The first kappa shape index (κ1) is 24.7. The van der Waals surface area contributed by atoms with E-state index in [1.165, 1.54) is 0 Å². The van der Waals surface area contributed by atoms with Gasteiger partial charge in [0.05, 0.1) is 0 Å². The SMILES string of the molecule is CCCC[C@H](C)C(=O)N1C[C@H]2C[C@H]2[C@H]1C(=O)N[C@@H](CCC(N)=O)C(=O)OCc1ccccc1. The molecule has 0 bridgehead atoms. The van der Waals surface area contributed by atoms with E-state index < -0.39 is 24.0 Å². The Morgan fingerprint density at radius 2 is 1.91 bits per heavy atom. The Kier molecular flexibility index (Phi) is 8.47. The minimum absolute atomic E-state index is 0.00357. The topological polar surface area (TPSA) is 119 Å². The van der Waals surface area contributed by atoms with Gasteiger partial charge in [-0.3, -0.25) is 14.4 Å². The summed E-state index contributed by atoms with van der Waals surface area (Å²) in [6, 6.07) is 7.64. The molecule has 1 saturated carbocycles. The van der Waals surface area contributed by atoms with Crippen molar-refractivity contribution in [2.45, 2.75) is 71.1 Å². The fraction of sp³-hybridized carbons (Fsp3) is 0.600. The average Bonchev–Trinajstić information content (AvgIpc) is 3.47. The Labute approximate surface area is 195 Å². The molecule has 8 nitrogen and oxygen atoms in total. The number of hydrogen-bond donors (Lipinski definition) is 2. The molecule has 0 aromatic heterocycles. The Balaban J connectivity index is 1.65. The molecule has 1 aromatic carbocycles. The summed E-state index contributed by atoms with van der Waals surface area (Å²) < 4.78 is 5.39. The summed E-state index contributed by atoms with van der Waals surface area (Å²) in [5.74, 6) is -1.21. The lowest BCUT2D eigenvalue weighted by molar-refractivity contribution is -0.150. The van der Waals surface area contributed by atoms with Crippen LogP contribution in [-0.4, -0.2) is 47.2 Å². The van der Waals surface area contributed by atoms with E-state index in [1.807, 2.05) is 37.3 Å². The Bertz CT molecular complexity index is 859. The highest BCUT2D eigenvalue weighted by Crippen LogP contribution is 2.50. The van der Waals surface area contributed by atoms with Crippen LogP contribution in [0.1, 0.15) is 57.9 Å². The van der Waals surface area contributed by atoms with Gasteiger partial charge in [0.25, 0.3) is 0 Å². The molecule has 3 N–H and O–H groups in total. The highest BCUT2D eigenvalue weighted by Gasteiger charge is 2.57. The zero-order valence-corrected chi connectivity index (χ0v) is 19.5. The summed E-state index contributed by atoms with van der Waals surface area (Å²) in [6.07, 6.45) is 3.68. The van der Waals surface area contributed by atoms with Crippen molar-refractivity contribution in [2.75, 3.05) is 6.54 Å². The summed E-state index contributed by atoms with van der Waals surface area (Å²) in [4.78, 5) is 52.0. The maximum Gasteiger partial charge on any atom is 0.328 e. The summed E-state index contributed by atoms with van der Waals surface area (Å²) in [7, 11) is 0. The molecule has 3 amide bonds. The largest absolute Gasteiger partial charge is 0.459 e. The average molecular weight is 458 g/mol. The maximum atomic E-state index is 13.2. The Morgan fingerprint density at radius 3 is 2.58 bits per heavy atom. The lowest BCUT2D eigenvalue weighted by Gasteiger charge is -2.30. The van der Waals surface area contributed by atoms with E-state index in [0.29, 0.717) is 12.5 Å². The molecule has 33 heavy (non-hydrogen) atoms. The Morgan fingerprint density at radius 1 is 1.18 bits per heavy atom. The van der Waals surface area contributed by atoms with Crippen LogP contribution in [0.25, 0.3) is 0 Å². The summed E-state index contributed by atoms with van der Waals surface area (Å²) >= 11 is 0. The van der Waals surface area contributed by atoms with E-state index >= 15 is 0 Å². The number of rotatable bonds is 12. The third-order valence-corrected chi connectivity index (χ3v) is 6.62. The first-order valence-electron chi connectivity index (χ1n) is 11.9. The first-order chi connectivity index (χ1) is 15.8.